The van der Waals surface area contributed by atoms with E-state index in [9.17, 15) is 0 Å². The normalized spacial score (nSPS) is 55.5. The molecule has 4 aliphatic carbocycles. The van der Waals surface area contributed by atoms with Crippen LogP contribution in [0.25, 0.3) is 0 Å². The summed E-state index contributed by atoms with van der Waals surface area (Å²) >= 11 is 0. The Bertz CT molecular complexity index is 243. The van der Waals surface area contributed by atoms with E-state index in [2.05, 4.69) is 0 Å². The summed E-state index contributed by atoms with van der Waals surface area (Å²) in [6, 6.07) is 0. The molecule has 90 valence electrons. The van der Waals surface area contributed by atoms with E-state index in [1.54, 1.807) is 64.2 Å². The molecule has 0 amide bonds. The van der Waals surface area contributed by atoms with Crippen LogP contribution in [0.1, 0.15) is 64.2 Å². The summed E-state index contributed by atoms with van der Waals surface area (Å²) in [6.45, 7) is 0. The van der Waals surface area contributed by atoms with Gasteiger partial charge in [0.1, 0.15) is 0 Å². The first-order valence-corrected chi connectivity index (χ1v) is 7.95. The Hall–Kier alpha value is 0. The average molecular weight is 218 g/mol. The van der Waals surface area contributed by atoms with Crippen LogP contribution in [0.2, 0.25) is 0 Å². The molecule has 0 N–H and O–H groups in total. The number of hydrogen-bond donors (Lipinski definition) is 0. The van der Waals surface area contributed by atoms with Crippen LogP contribution in [0.4, 0.5) is 0 Å². The number of fused-ring (bicyclic) bond motifs is 3. The summed E-state index contributed by atoms with van der Waals surface area (Å²) < 4.78 is 0. The molecule has 0 heterocycles. The van der Waals surface area contributed by atoms with Gasteiger partial charge in [-0.3, -0.25) is 0 Å². The Morgan fingerprint density at radius 2 is 0.938 bits per heavy atom. The molecular formula is C16H26. The van der Waals surface area contributed by atoms with Gasteiger partial charge in [-0.05, 0) is 61.2 Å². The highest BCUT2D eigenvalue weighted by Gasteiger charge is 2.54. The van der Waals surface area contributed by atoms with Crippen molar-refractivity contribution < 1.29 is 0 Å². The van der Waals surface area contributed by atoms with Crippen molar-refractivity contribution in [1.29, 1.82) is 0 Å². The molecule has 0 aromatic heterocycles. The van der Waals surface area contributed by atoms with Gasteiger partial charge in [-0.15, -0.1) is 0 Å². The van der Waals surface area contributed by atoms with Crippen molar-refractivity contribution in [2.24, 2.45) is 35.5 Å². The van der Waals surface area contributed by atoms with Gasteiger partial charge in [0.15, 0.2) is 0 Å². The molecule has 4 fully saturated rings. The summed E-state index contributed by atoms with van der Waals surface area (Å²) in [5, 5.41) is 0. The van der Waals surface area contributed by atoms with Crippen molar-refractivity contribution in [3.8, 4) is 0 Å². The second-order valence-electron chi connectivity index (χ2n) is 7.14. The fourth-order valence-electron chi connectivity index (χ4n) is 6.41. The Labute approximate surface area is 100 Å². The molecule has 0 unspecified atom stereocenters. The summed E-state index contributed by atoms with van der Waals surface area (Å²) in [6.07, 6.45) is 15.9. The topological polar surface area (TPSA) is 0 Å². The molecule has 0 bridgehead atoms. The van der Waals surface area contributed by atoms with E-state index in [0.717, 1.165) is 0 Å². The van der Waals surface area contributed by atoms with Gasteiger partial charge in [0.2, 0.25) is 0 Å². The van der Waals surface area contributed by atoms with Crippen LogP contribution in [0.3, 0.4) is 0 Å². The Kier molecular flexibility index (Phi) is 2.34. The molecule has 0 aliphatic heterocycles. The largest absolute Gasteiger partial charge is 0.0530 e. The molecule has 0 radical (unpaired) electrons. The Morgan fingerprint density at radius 3 is 1.50 bits per heavy atom. The fraction of sp³-hybridized carbons (Fsp3) is 1.00. The van der Waals surface area contributed by atoms with Gasteiger partial charge in [0.05, 0.1) is 0 Å². The van der Waals surface area contributed by atoms with Gasteiger partial charge in [0.25, 0.3) is 0 Å². The minimum absolute atomic E-state index is 1.17. The zero-order chi connectivity index (χ0) is 10.5. The molecular weight excluding hydrogens is 192 g/mol. The van der Waals surface area contributed by atoms with Crippen molar-refractivity contribution in [3.05, 3.63) is 0 Å². The maximum Gasteiger partial charge on any atom is -0.0324 e. The first-order valence-electron chi connectivity index (χ1n) is 7.95. The molecule has 0 heteroatoms. The maximum absolute atomic E-state index is 1.61. The van der Waals surface area contributed by atoms with Crippen molar-refractivity contribution in [2.75, 3.05) is 0 Å². The minimum Gasteiger partial charge on any atom is -0.0530 e. The highest BCUT2D eigenvalue weighted by Crippen LogP contribution is 2.62. The molecule has 0 aromatic carbocycles. The number of hydrogen-bond acceptors (Lipinski definition) is 0. The van der Waals surface area contributed by atoms with Gasteiger partial charge in [-0.2, -0.15) is 0 Å². The minimum atomic E-state index is 1.17. The van der Waals surface area contributed by atoms with Crippen LogP contribution in [-0.4, -0.2) is 0 Å². The second-order valence-corrected chi connectivity index (χ2v) is 7.14. The van der Waals surface area contributed by atoms with E-state index in [1.807, 2.05) is 0 Å². The van der Waals surface area contributed by atoms with Crippen LogP contribution in [0.15, 0.2) is 0 Å². The fourth-order valence-corrected chi connectivity index (χ4v) is 6.41. The third-order valence-corrected chi connectivity index (χ3v) is 6.73. The van der Waals surface area contributed by atoms with Gasteiger partial charge in [-0.1, -0.05) is 38.5 Å². The molecule has 4 rings (SSSR count). The van der Waals surface area contributed by atoms with E-state index in [1.165, 1.54) is 35.5 Å². The van der Waals surface area contributed by atoms with Crippen molar-refractivity contribution in [2.45, 2.75) is 64.2 Å². The SMILES string of the molecule is C1CC[C@@H]2[C@@H](C1)[C@@H]1CCCC3CCC[C@@H]2C31. The smallest absolute Gasteiger partial charge is 0.0324 e. The lowest BCUT2D eigenvalue weighted by molar-refractivity contribution is 0.0817. The summed E-state index contributed by atoms with van der Waals surface area (Å²) in [7, 11) is 0. The van der Waals surface area contributed by atoms with Crippen molar-refractivity contribution in [3.63, 3.8) is 0 Å². The highest BCUT2D eigenvalue weighted by molar-refractivity contribution is 5.03. The monoisotopic (exact) mass is 218 g/mol. The first-order chi connectivity index (χ1) is 7.95. The van der Waals surface area contributed by atoms with Gasteiger partial charge >= 0.3 is 0 Å². The first kappa shape index (κ1) is 9.97. The van der Waals surface area contributed by atoms with E-state index < -0.39 is 0 Å². The van der Waals surface area contributed by atoms with E-state index in [0.29, 0.717) is 0 Å². The zero-order valence-electron chi connectivity index (χ0n) is 10.5. The van der Waals surface area contributed by atoms with Crippen LogP contribution >= 0.6 is 0 Å². The molecule has 16 heavy (non-hydrogen) atoms. The zero-order valence-corrected chi connectivity index (χ0v) is 10.5. The van der Waals surface area contributed by atoms with Crippen LogP contribution in [0, 0.1) is 35.5 Å². The molecule has 0 nitrogen and oxygen atoms in total. The van der Waals surface area contributed by atoms with E-state index in [-0.39, 0.29) is 0 Å². The molecule has 4 atom stereocenters. The molecule has 0 aromatic rings. The third-order valence-electron chi connectivity index (χ3n) is 6.73. The van der Waals surface area contributed by atoms with Crippen LogP contribution in [0.5, 0.6) is 0 Å². The van der Waals surface area contributed by atoms with E-state index in [4.69, 9.17) is 0 Å². The van der Waals surface area contributed by atoms with Gasteiger partial charge in [0, 0.05) is 0 Å². The second kappa shape index (κ2) is 3.75. The molecule has 0 saturated heterocycles. The Morgan fingerprint density at radius 1 is 0.438 bits per heavy atom. The lowest BCUT2D eigenvalue weighted by atomic mass is 9.64. The maximum atomic E-state index is 1.61. The van der Waals surface area contributed by atoms with Crippen molar-refractivity contribution in [1.82, 2.24) is 0 Å². The number of rotatable bonds is 0. The van der Waals surface area contributed by atoms with Crippen molar-refractivity contribution >= 4 is 0 Å². The van der Waals surface area contributed by atoms with E-state index >= 15 is 0 Å². The molecule has 0 spiro atoms. The summed E-state index contributed by atoms with van der Waals surface area (Å²) in [5.41, 5.74) is 0. The summed E-state index contributed by atoms with van der Waals surface area (Å²) in [5.74, 6) is 7.12. The average Bonchev–Trinajstić information content (AvgIpc) is 2.68. The third kappa shape index (κ3) is 1.28. The standard InChI is InChI=1S/C16H26/c1-2-8-13-12(7-1)14-9-3-5-11-6-4-10-15(13)16(11)14/h11-16H,1-10H2/t11?,12-,13-,14+,15+,16?/m1/s1. The quantitative estimate of drug-likeness (QED) is 0.555. The Balaban J connectivity index is 1.68. The van der Waals surface area contributed by atoms with Crippen LogP contribution < -0.4 is 0 Å². The predicted molar refractivity (Wildman–Crippen MR) is 67.1 cm³/mol. The van der Waals surface area contributed by atoms with Crippen LogP contribution in [-0.2, 0) is 0 Å². The highest BCUT2D eigenvalue weighted by atomic mass is 14.6. The summed E-state index contributed by atoms with van der Waals surface area (Å²) in [4.78, 5) is 0. The molecule has 4 aliphatic rings. The predicted octanol–water partition coefficient (Wildman–Crippen LogP) is 4.64. The van der Waals surface area contributed by atoms with Gasteiger partial charge in [-0.25, -0.2) is 0 Å². The van der Waals surface area contributed by atoms with Gasteiger partial charge < -0.3 is 0 Å². The molecule has 4 saturated carbocycles. The lowest BCUT2D eigenvalue weighted by Crippen LogP contribution is -2.33. The lowest BCUT2D eigenvalue weighted by Gasteiger charge is -2.41.